The van der Waals surface area contributed by atoms with E-state index in [2.05, 4.69) is 18.8 Å². The first-order valence-corrected chi connectivity index (χ1v) is 4.40. The van der Waals surface area contributed by atoms with Gasteiger partial charge in [-0.25, -0.2) is 4.39 Å². The predicted molar refractivity (Wildman–Crippen MR) is 51.8 cm³/mol. The van der Waals surface area contributed by atoms with Gasteiger partial charge in [0.2, 0.25) is 0 Å². The fraction of sp³-hybridized carbons (Fsp3) is 0.364. The molecule has 0 bridgehead atoms. The molecule has 0 spiro atoms. The number of halogens is 1. The highest BCUT2D eigenvalue weighted by atomic mass is 19.1. The summed E-state index contributed by atoms with van der Waals surface area (Å²) >= 11 is 0. The van der Waals surface area contributed by atoms with Gasteiger partial charge in [0.05, 0.1) is 5.54 Å². The summed E-state index contributed by atoms with van der Waals surface area (Å²) in [5.74, 6) is -0.190. The first-order valence-electron chi connectivity index (χ1n) is 4.40. The zero-order valence-corrected chi connectivity index (χ0v) is 7.84. The van der Waals surface area contributed by atoms with Gasteiger partial charge in [-0.15, -0.1) is 0 Å². The van der Waals surface area contributed by atoms with Crippen LogP contribution in [0.4, 0.5) is 4.39 Å². The lowest BCUT2D eigenvalue weighted by Gasteiger charge is -2.24. The van der Waals surface area contributed by atoms with Gasteiger partial charge in [-0.1, -0.05) is 6.07 Å². The third-order valence-electron chi connectivity index (χ3n) is 2.28. The molecule has 68 valence electrons. The Kier molecular flexibility index (Phi) is 1.72. The number of nitrogens with zero attached hydrogens (tertiary/aromatic N) is 1. The summed E-state index contributed by atoms with van der Waals surface area (Å²) in [7, 11) is 0. The van der Waals surface area contributed by atoms with Gasteiger partial charge >= 0.3 is 0 Å². The minimum Gasteiger partial charge on any atom is -0.286 e. The van der Waals surface area contributed by atoms with E-state index in [0.29, 0.717) is 0 Å². The fourth-order valence-electron chi connectivity index (χ4n) is 1.60. The number of fused-ring (bicyclic) bond motifs is 1. The molecule has 1 nitrogen and oxygen atoms in total. The van der Waals surface area contributed by atoms with Crippen LogP contribution in [-0.4, -0.2) is 11.8 Å². The predicted octanol–water partition coefficient (Wildman–Crippen LogP) is 2.58. The van der Waals surface area contributed by atoms with Crippen molar-refractivity contribution in [2.45, 2.75) is 25.8 Å². The van der Waals surface area contributed by atoms with Crippen molar-refractivity contribution >= 4 is 6.21 Å². The Balaban J connectivity index is 2.47. The van der Waals surface area contributed by atoms with Crippen LogP contribution in [-0.2, 0) is 6.42 Å². The Morgan fingerprint density at radius 2 is 2.15 bits per heavy atom. The maximum Gasteiger partial charge on any atom is 0.123 e. The van der Waals surface area contributed by atoms with Gasteiger partial charge in [0.25, 0.3) is 0 Å². The van der Waals surface area contributed by atoms with Gasteiger partial charge in [-0.05, 0) is 43.5 Å². The van der Waals surface area contributed by atoms with E-state index in [4.69, 9.17) is 0 Å². The van der Waals surface area contributed by atoms with Gasteiger partial charge in [0, 0.05) is 6.21 Å². The second kappa shape index (κ2) is 2.66. The molecular weight excluding hydrogens is 165 g/mol. The van der Waals surface area contributed by atoms with Crippen LogP contribution in [0.15, 0.2) is 23.2 Å². The van der Waals surface area contributed by atoms with Crippen LogP contribution < -0.4 is 0 Å². The number of aliphatic imine (C=N–C) groups is 1. The molecule has 13 heavy (non-hydrogen) atoms. The van der Waals surface area contributed by atoms with Crippen LogP contribution in [0.5, 0.6) is 0 Å². The molecule has 0 saturated heterocycles. The van der Waals surface area contributed by atoms with Crippen molar-refractivity contribution in [3.8, 4) is 0 Å². The molecule has 0 N–H and O–H groups in total. The SMILES string of the molecule is CC1(C)Cc2ccc(F)cc2C=N1. The van der Waals surface area contributed by atoms with Crippen molar-refractivity contribution in [1.82, 2.24) is 0 Å². The van der Waals surface area contributed by atoms with Gasteiger partial charge in [-0.2, -0.15) is 0 Å². The van der Waals surface area contributed by atoms with Gasteiger partial charge in [0.15, 0.2) is 0 Å². The molecule has 0 aliphatic carbocycles. The summed E-state index contributed by atoms with van der Waals surface area (Å²) in [5, 5.41) is 0. The summed E-state index contributed by atoms with van der Waals surface area (Å²) in [6.07, 6.45) is 2.65. The number of hydrogen-bond donors (Lipinski definition) is 0. The molecule has 0 amide bonds. The van der Waals surface area contributed by atoms with Crippen LogP contribution in [0.1, 0.15) is 25.0 Å². The van der Waals surface area contributed by atoms with Crippen molar-refractivity contribution in [1.29, 1.82) is 0 Å². The molecule has 1 heterocycles. The molecule has 1 aromatic rings. The van der Waals surface area contributed by atoms with Crippen LogP contribution in [0.2, 0.25) is 0 Å². The first kappa shape index (κ1) is 8.42. The van der Waals surface area contributed by atoms with E-state index in [9.17, 15) is 4.39 Å². The van der Waals surface area contributed by atoms with Crippen LogP contribution in [0.3, 0.4) is 0 Å². The van der Waals surface area contributed by atoms with Crippen LogP contribution >= 0.6 is 0 Å². The molecule has 0 fully saturated rings. The van der Waals surface area contributed by atoms with E-state index in [1.807, 2.05) is 6.07 Å². The Labute approximate surface area is 77.3 Å². The Hall–Kier alpha value is -1.18. The van der Waals surface area contributed by atoms with Crippen molar-refractivity contribution in [2.75, 3.05) is 0 Å². The van der Waals surface area contributed by atoms with Crippen LogP contribution in [0.25, 0.3) is 0 Å². The molecule has 2 rings (SSSR count). The zero-order chi connectivity index (χ0) is 9.47. The van der Waals surface area contributed by atoms with Crippen LogP contribution in [0, 0.1) is 5.82 Å². The van der Waals surface area contributed by atoms with E-state index in [1.165, 1.54) is 17.7 Å². The summed E-state index contributed by atoms with van der Waals surface area (Å²) < 4.78 is 12.8. The normalized spacial score (nSPS) is 18.4. The lowest BCUT2D eigenvalue weighted by Crippen LogP contribution is -2.24. The second-order valence-corrected chi connectivity index (χ2v) is 4.09. The highest BCUT2D eigenvalue weighted by Gasteiger charge is 2.21. The van der Waals surface area contributed by atoms with E-state index < -0.39 is 0 Å². The van der Waals surface area contributed by atoms with E-state index in [1.54, 1.807) is 6.21 Å². The molecule has 1 aliphatic rings. The number of rotatable bonds is 0. The highest BCUT2D eigenvalue weighted by molar-refractivity contribution is 5.83. The minimum atomic E-state index is -0.190. The third-order valence-corrected chi connectivity index (χ3v) is 2.28. The average molecular weight is 177 g/mol. The largest absolute Gasteiger partial charge is 0.286 e. The Morgan fingerprint density at radius 3 is 2.92 bits per heavy atom. The van der Waals surface area contributed by atoms with Crippen molar-refractivity contribution < 1.29 is 4.39 Å². The Bertz CT molecular complexity index is 366. The number of benzene rings is 1. The Morgan fingerprint density at radius 1 is 1.38 bits per heavy atom. The topological polar surface area (TPSA) is 12.4 Å². The molecule has 2 heteroatoms. The molecular formula is C11H12FN. The third kappa shape index (κ3) is 1.62. The van der Waals surface area contributed by atoms with Gasteiger partial charge < -0.3 is 0 Å². The van der Waals surface area contributed by atoms with E-state index in [0.717, 1.165) is 12.0 Å². The van der Waals surface area contributed by atoms with Crippen molar-refractivity contribution in [3.05, 3.63) is 35.1 Å². The summed E-state index contributed by atoms with van der Waals surface area (Å²) in [5.41, 5.74) is 2.06. The van der Waals surface area contributed by atoms with E-state index in [-0.39, 0.29) is 11.4 Å². The van der Waals surface area contributed by atoms with E-state index >= 15 is 0 Å². The highest BCUT2D eigenvalue weighted by Crippen LogP contribution is 2.24. The monoisotopic (exact) mass is 177 g/mol. The molecule has 0 unspecified atom stereocenters. The summed E-state index contributed by atoms with van der Waals surface area (Å²) in [4.78, 5) is 4.35. The zero-order valence-electron chi connectivity index (χ0n) is 7.84. The first-order chi connectivity index (χ1) is 6.07. The molecule has 0 aromatic heterocycles. The maximum atomic E-state index is 12.8. The van der Waals surface area contributed by atoms with Crippen molar-refractivity contribution in [3.63, 3.8) is 0 Å². The molecule has 1 aliphatic heterocycles. The lowest BCUT2D eigenvalue weighted by atomic mass is 9.90. The van der Waals surface area contributed by atoms with Gasteiger partial charge in [0.1, 0.15) is 5.82 Å². The summed E-state index contributed by atoms with van der Waals surface area (Å²) in [6, 6.07) is 4.89. The molecule has 0 saturated carbocycles. The van der Waals surface area contributed by atoms with Crippen molar-refractivity contribution in [2.24, 2.45) is 4.99 Å². The summed E-state index contributed by atoms with van der Waals surface area (Å²) in [6.45, 7) is 4.16. The maximum absolute atomic E-state index is 12.8. The molecule has 0 radical (unpaired) electrons. The molecule has 0 atom stereocenters. The minimum absolute atomic E-state index is 0.0369. The fourth-order valence-corrected chi connectivity index (χ4v) is 1.60. The molecule has 1 aromatic carbocycles. The average Bonchev–Trinajstić information content (AvgIpc) is 2.05. The second-order valence-electron chi connectivity index (χ2n) is 4.09. The standard InChI is InChI=1S/C11H12FN/c1-11(2)6-8-3-4-10(12)5-9(8)7-13-11/h3-5,7H,6H2,1-2H3. The number of hydrogen-bond acceptors (Lipinski definition) is 1. The quantitative estimate of drug-likeness (QED) is 0.577. The van der Waals surface area contributed by atoms with Gasteiger partial charge in [-0.3, -0.25) is 4.99 Å². The lowest BCUT2D eigenvalue weighted by molar-refractivity contribution is 0.514. The smallest absolute Gasteiger partial charge is 0.123 e.